The summed E-state index contributed by atoms with van der Waals surface area (Å²) < 4.78 is 1.26. The molecule has 2 rings (SSSR count). The number of hydrogen-bond acceptors (Lipinski definition) is 3. The third-order valence-electron chi connectivity index (χ3n) is 2.54. The Morgan fingerprint density at radius 1 is 1.32 bits per heavy atom. The SMILES string of the molecule is Cc1cnc(=O)n(CC(=O)c2ccc(Cl)c(Cl)c2)c1. The van der Waals surface area contributed by atoms with E-state index in [0.717, 1.165) is 5.56 Å². The molecule has 4 nitrogen and oxygen atoms in total. The minimum atomic E-state index is -0.459. The molecule has 0 radical (unpaired) electrons. The van der Waals surface area contributed by atoms with E-state index in [9.17, 15) is 9.59 Å². The van der Waals surface area contributed by atoms with Gasteiger partial charge in [-0.05, 0) is 30.7 Å². The molecule has 0 aliphatic rings. The predicted octanol–water partition coefficient (Wildman–Crippen LogP) is 2.74. The number of aromatic nitrogens is 2. The van der Waals surface area contributed by atoms with Gasteiger partial charge in [0, 0.05) is 18.0 Å². The van der Waals surface area contributed by atoms with Gasteiger partial charge in [0.2, 0.25) is 0 Å². The summed E-state index contributed by atoms with van der Waals surface area (Å²) in [6.07, 6.45) is 3.05. The van der Waals surface area contributed by atoms with Crippen molar-refractivity contribution in [3.8, 4) is 0 Å². The summed E-state index contributed by atoms with van der Waals surface area (Å²) in [4.78, 5) is 27.2. The monoisotopic (exact) mass is 296 g/mol. The van der Waals surface area contributed by atoms with E-state index < -0.39 is 5.69 Å². The largest absolute Gasteiger partial charge is 0.347 e. The van der Waals surface area contributed by atoms with Crippen molar-refractivity contribution in [2.24, 2.45) is 0 Å². The summed E-state index contributed by atoms with van der Waals surface area (Å²) in [6.45, 7) is 1.72. The van der Waals surface area contributed by atoms with Gasteiger partial charge in [0.05, 0.1) is 16.6 Å². The van der Waals surface area contributed by atoms with E-state index in [4.69, 9.17) is 23.2 Å². The van der Waals surface area contributed by atoms with Gasteiger partial charge in [0.15, 0.2) is 5.78 Å². The molecule has 0 saturated heterocycles. The molecule has 1 aromatic carbocycles. The van der Waals surface area contributed by atoms with Crippen molar-refractivity contribution in [1.82, 2.24) is 9.55 Å². The van der Waals surface area contributed by atoms with Gasteiger partial charge in [-0.1, -0.05) is 23.2 Å². The van der Waals surface area contributed by atoms with Crippen molar-refractivity contribution < 1.29 is 4.79 Å². The van der Waals surface area contributed by atoms with E-state index in [1.54, 1.807) is 25.3 Å². The van der Waals surface area contributed by atoms with E-state index in [1.165, 1.54) is 16.8 Å². The average molecular weight is 297 g/mol. The second-order valence-corrected chi connectivity index (χ2v) is 4.91. The number of halogens is 2. The topological polar surface area (TPSA) is 52.0 Å². The number of hydrogen-bond donors (Lipinski definition) is 0. The lowest BCUT2D eigenvalue weighted by atomic mass is 10.1. The second kappa shape index (κ2) is 5.55. The first kappa shape index (κ1) is 13.8. The third kappa shape index (κ3) is 3.22. The normalized spacial score (nSPS) is 10.5. The van der Waals surface area contributed by atoms with E-state index >= 15 is 0 Å². The summed E-state index contributed by atoms with van der Waals surface area (Å²) >= 11 is 11.6. The molecule has 0 aliphatic heterocycles. The first-order chi connectivity index (χ1) is 8.97. The lowest BCUT2D eigenvalue weighted by Crippen LogP contribution is -2.26. The quantitative estimate of drug-likeness (QED) is 0.819. The Hall–Kier alpha value is -1.65. The summed E-state index contributed by atoms with van der Waals surface area (Å²) in [5, 5.41) is 0.690. The van der Waals surface area contributed by atoms with Crippen LogP contribution in [0.15, 0.2) is 35.4 Å². The van der Waals surface area contributed by atoms with Crippen LogP contribution in [0.5, 0.6) is 0 Å². The van der Waals surface area contributed by atoms with Gasteiger partial charge >= 0.3 is 5.69 Å². The summed E-state index contributed by atoms with van der Waals surface area (Å²) in [6, 6.07) is 4.61. The molecule has 0 amide bonds. The van der Waals surface area contributed by atoms with Crippen LogP contribution in [0.25, 0.3) is 0 Å². The molecule has 0 saturated carbocycles. The molecule has 1 heterocycles. The van der Waals surface area contributed by atoms with E-state index in [-0.39, 0.29) is 12.3 Å². The summed E-state index contributed by atoms with van der Waals surface area (Å²) in [5.74, 6) is -0.229. The maximum Gasteiger partial charge on any atom is 0.347 e. The van der Waals surface area contributed by atoms with Gasteiger partial charge in [-0.25, -0.2) is 9.78 Å². The fourth-order valence-electron chi connectivity index (χ4n) is 1.59. The molecule has 0 fully saturated rings. The predicted molar refractivity (Wildman–Crippen MR) is 74.0 cm³/mol. The highest BCUT2D eigenvalue weighted by Crippen LogP contribution is 2.22. The van der Waals surface area contributed by atoms with Gasteiger partial charge in [-0.3, -0.25) is 9.36 Å². The first-order valence-electron chi connectivity index (χ1n) is 5.48. The molecular weight excluding hydrogens is 287 g/mol. The van der Waals surface area contributed by atoms with Crippen LogP contribution >= 0.6 is 23.2 Å². The Bertz CT molecular complexity index is 695. The van der Waals surface area contributed by atoms with E-state index in [1.807, 2.05) is 0 Å². The molecular formula is C13H10Cl2N2O2. The van der Waals surface area contributed by atoms with Crippen LogP contribution in [0.2, 0.25) is 10.0 Å². The van der Waals surface area contributed by atoms with Crippen molar-refractivity contribution in [2.75, 3.05) is 0 Å². The number of carbonyl (C=O) groups is 1. The molecule has 0 spiro atoms. The zero-order chi connectivity index (χ0) is 14.0. The number of aryl methyl sites for hydroxylation is 1. The highest BCUT2D eigenvalue weighted by Gasteiger charge is 2.10. The number of nitrogens with zero attached hydrogens (tertiary/aromatic N) is 2. The van der Waals surface area contributed by atoms with Crippen LogP contribution < -0.4 is 5.69 Å². The molecule has 1 aromatic heterocycles. The molecule has 19 heavy (non-hydrogen) atoms. The Morgan fingerprint density at radius 3 is 2.74 bits per heavy atom. The van der Waals surface area contributed by atoms with E-state index in [2.05, 4.69) is 4.98 Å². The first-order valence-corrected chi connectivity index (χ1v) is 6.24. The van der Waals surface area contributed by atoms with Crippen molar-refractivity contribution >= 4 is 29.0 Å². The van der Waals surface area contributed by atoms with Crippen LogP contribution in [0.3, 0.4) is 0 Å². The molecule has 0 aliphatic carbocycles. The standard InChI is InChI=1S/C13H10Cl2N2O2/c1-8-5-16-13(19)17(6-8)7-12(18)9-2-3-10(14)11(15)4-9/h2-6H,7H2,1H3. The fourth-order valence-corrected chi connectivity index (χ4v) is 1.89. The zero-order valence-corrected chi connectivity index (χ0v) is 11.6. The van der Waals surface area contributed by atoms with Crippen LogP contribution in [-0.2, 0) is 6.54 Å². The molecule has 98 valence electrons. The van der Waals surface area contributed by atoms with Gasteiger partial charge in [0.25, 0.3) is 0 Å². The average Bonchev–Trinajstić information content (AvgIpc) is 2.37. The summed E-state index contributed by atoms with van der Waals surface area (Å²) in [5.41, 5.74) is 0.753. The van der Waals surface area contributed by atoms with Gasteiger partial charge < -0.3 is 0 Å². The van der Waals surface area contributed by atoms with E-state index in [0.29, 0.717) is 15.6 Å². The minimum Gasteiger partial charge on any atom is -0.292 e. The second-order valence-electron chi connectivity index (χ2n) is 4.09. The van der Waals surface area contributed by atoms with Crippen LogP contribution in [0.1, 0.15) is 15.9 Å². The molecule has 2 aromatic rings. The van der Waals surface area contributed by atoms with Gasteiger partial charge in [-0.15, -0.1) is 0 Å². The molecule has 0 unspecified atom stereocenters. The Kier molecular flexibility index (Phi) is 4.02. The lowest BCUT2D eigenvalue weighted by molar-refractivity contribution is 0.0970. The van der Waals surface area contributed by atoms with Gasteiger partial charge in [0.1, 0.15) is 0 Å². The molecule has 0 bridgehead atoms. The zero-order valence-electron chi connectivity index (χ0n) is 10.1. The maximum atomic E-state index is 12.1. The molecule has 0 N–H and O–H groups in total. The number of Topliss-reactive ketones (excluding diaryl/α,β-unsaturated/α-hetero) is 1. The maximum absolute atomic E-state index is 12.1. The Morgan fingerprint density at radius 2 is 2.05 bits per heavy atom. The fraction of sp³-hybridized carbons (Fsp3) is 0.154. The Balaban J connectivity index is 2.28. The van der Waals surface area contributed by atoms with Crippen molar-refractivity contribution in [3.63, 3.8) is 0 Å². The number of benzene rings is 1. The van der Waals surface area contributed by atoms with Crippen LogP contribution in [0, 0.1) is 6.92 Å². The van der Waals surface area contributed by atoms with Gasteiger partial charge in [-0.2, -0.15) is 0 Å². The van der Waals surface area contributed by atoms with Crippen molar-refractivity contribution in [1.29, 1.82) is 0 Å². The highest BCUT2D eigenvalue weighted by molar-refractivity contribution is 6.42. The van der Waals surface area contributed by atoms with Crippen LogP contribution in [-0.4, -0.2) is 15.3 Å². The Labute approximate surface area is 119 Å². The molecule has 0 atom stereocenters. The third-order valence-corrected chi connectivity index (χ3v) is 3.28. The lowest BCUT2D eigenvalue weighted by Gasteiger charge is -2.06. The number of ketones is 1. The number of carbonyl (C=O) groups excluding carboxylic acids is 1. The van der Waals surface area contributed by atoms with Crippen molar-refractivity contribution in [3.05, 3.63) is 62.2 Å². The smallest absolute Gasteiger partial charge is 0.292 e. The summed E-state index contributed by atoms with van der Waals surface area (Å²) in [7, 11) is 0. The number of rotatable bonds is 3. The molecule has 6 heteroatoms. The highest BCUT2D eigenvalue weighted by atomic mass is 35.5. The minimum absolute atomic E-state index is 0.0779. The van der Waals surface area contributed by atoms with Crippen molar-refractivity contribution in [2.45, 2.75) is 13.5 Å². The van der Waals surface area contributed by atoms with Crippen LogP contribution in [0.4, 0.5) is 0 Å².